The molecular formula is C8H10IN3S. The van der Waals surface area contributed by atoms with Gasteiger partial charge in [0.25, 0.3) is 0 Å². The molecule has 0 fully saturated rings. The van der Waals surface area contributed by atoms with Gasteiger partial charge in [-0.3, -0.25) is 0 Å². The molecular weight excluding hydrogens is 297 g/mol. The maximum Gasteiger partial charge on any atom is 0.177 e. The Morgan fingerprint density at radius 3 is 2.54 bits per heavy atom. The Morgan fingerprint density at radius 2 is 2.00 bits per heavy atom. The molecule has 1 aromatic carbocycles. The summed E-state index contributed by atoms with van der Waals surface area (Å²) in [5.74, 6) is 5.81. The maximum absolute atomic E-state index is 5.44. The van der Waals surface area contributed by atoms with Crippen LogP contribution in [-0.4, -0.2) is 5.17 Å². The van der Waals surface area contributed by atoms with E-state index >= 15 is 0 Å². The molecule has 70 valence electrons. The Balaban J connectivity index is 2.51. The van der Waals surface area contributed by atoms with E-state index in [-0.39, 0.29) is 0 Å². The third kappa shape index (κ3) is 3.86. The first-order valence-electron chi connectivity index (χ1n) is 3.63. The predicted octanol–water partition coefficient (Wildman–Crippen LogP) is 1.71. The van der Waals surface area contributed by atoms with E-state index in [1.165, 1.54) is 20.9 Å². The second-order valence-electron chi connectivity index (χ2n) is 2.38. The minimum absolute atomic E-state index is 0.415. The molecule has 3 nitrogen and oxygen atoms in total. The second-order valence-corrected chi connectivity index (χ2v) is 4.62. The highest BCUT2D eigenvalue weighted by Crippen LogP contribution is 2.13. The van der Waals surface area contributed by atoms with Crippen LogP contribution in [0.25, 0.3) is 0 Å². The minimum Gasteiger partial charge on any atom is -0.377 e. The van der Waals surface area contributed by atoms with Crippen LogP contribution in [0, 0.1) is 3.57 Å². The van der Waals surface area contributed by atoms with E-state index in [4.69, 9.17) is 11.6 Å². The van der Waals surface area contributed by atoms with Crippen LogP contribution in [0.5, 0.6) is 0 Å². The van der Waals surface area contributed by atoms with Crippen LogP contribution in [0.2, 0.25) is 0 Å². The van der Waals surface area contributed by atoms with Crippen molar-refractivity contribution < 1.29 is 0 Å². The largest absolute Gasteiger partial charge is 0.377 e. The van der Waals surface area contributed by atoms with Crippen molar-refractivity contribution in [3.63, 3.8) is 0 Å². The molecule has 0 atom stereocenters. The van der Waals surface area contributed by atoms with Gasteiger partial charge >= 0.3 is 0 Å². The lowest BCUT2D eigenvalue weighted by molar-refractivity contribution is 1.25. The Labute approximate surface area is 95.1 Å². The first kappa shape index (κ1) is 10.6. The quantitative estimate of drug-likeness (QED) is 0.287. The first-order valence-corrected chi connectivity index (χ1v) is 5.69. The molecule has 0 spiro atoms. The van der Waals surface area contributed by atoms with E-state index in [2.05, 4.69) is 52.0 Å². The van der Waals surface area contributed by atoms with E-state index < -0.39 is 0 Å². The molecule has 0 saturated heterocycles. The van der Waals surface area contributed by atoms with E-state index in [0.29, 0.717) is 5.17 Å². The van der Waals surface area contributed by atoms with Crippen LogP contribution < -0.4 is 11.6 Å². The van der Waals surface area contributed by atoms with E-state index in [1.807, 2.05) is 0 Å². The molecule has 0 radical (unpaired) electrons. The van der Waals surface area contributed by atoms with Crippen molar-refractivity contribution in [2.24, 2.45) is 16.7 Å². The molecule has 0 saturated carbocycles. The lowest BCUT2D eigenvalue weighted by atomic mass is 10.2. The minimum atomic E-state index is 0.415. The fraction of sp³-hybridized carbons (Fsp3) is 0.125. The van der Waals surface area contributed by atoms with Crippen LogP contribution in [-0.2, 0) is 5.75 Å². The first-order chi connectivity index (χ1) is 6.22. The number of benzene rings is 1. The highest BCUT2D eigenvalue weighted by atomic mass is 127. The van der Waals surface area contributed by atoms with Gasteiger partial charge in [-0.2, -0.15) is 5.10 Å². The molecule has 0 amide bonds. The predicted molar refractivity (Wildman–Crippen MR) is 66.3 cm³/mol. The molecule has 4 N–H and O–H groups in total. The lowest BCUT2D eigenvalue weighted by Crippen LogP contribution is -2.09. The zero-order chi connectivity index (χ0) is 9.68. The van der Waals surface area contributed by atoms with Gasteiger partial charge in [0, 0.05) is 9.32 Å². The zero-order valence-electron chi connectivity index (χ0n) is 6.90. The van der Waals surface area contributed by atoms with E-state index in [1.54, 1.807) is 0 Å². The Bertz CT molecular complexity index is 297. The smallest absolute Gasteiger partial charge is 0.177 e. The summed E-state index contributed by atoms with van der Waals surface area (Å²) in [6, 6.07) is 8.26. The van der Waals surface area contributed by atoms with Crippen LogP contribution in [0.1, 0.15) is 5.56 Å². The average molecular weight is 307 g/mol. The zero-order valence-corrected chi connectivity index (χ0v) is 9.88. The Kier molecular flexibility index (Phi) is 4.37. The summed E-state index contributed by atoms with van der Waals surface area (Å²) < 4.78 is 1.23. The number of thioether (sulfide) groups is 1. The molecule has 1 aromatic rings. The van der Waals surface area contributed by atoms with Crippen molar-refractivity contribution in [1.82, 2.24) is 0 Å². The summed E-state index contributed by atoms with van der Waals surface area (Å²) in [6.45, 7) is 0. The number of halogens is 1. The van der Waals surface area contributed by atoms with Crippen molar-refractivity contribution in [2.75, 3.05) is 0 Å². The molecule has 0 aromatic heterocycles. The van der Waals surface area contributed by atoms with E-state index in [9.17, 15) is 0 Å². The summed E-state index contributed by atoms with van der Waals surface area (Å²) in [5, 5.41) is 3.79. The molecule has 0 aliphatic heterocycles. The molecule has 0 aliphatic carbocycles. The number of hydrogen-bond acceptors (Lipinski definition) is 3. The van der Waals surface area contributed by atoms with Gasteiger partial charge in [0.15, 0.2) is 5.17 Å². The average Bonchev–Trinajstić information content (AvgIpc) is 2.16. The van der Waals surface area contributed by atoms with Crippen molar-refractivity contribution in [3.8, 4) is 0 Å². The highest BCUT2D eigenvalue weighted by molar-refractivity contribution is 14.1. The fourth-order valence-corrected chi connectivity index (χ4v) is 1.72. The molecule has 5 heteroatoms. The van der Waals surface area contributed by atoms with Crippen LogP contribution >= 0.6 is 34.4 Å². The second kappa shape index (κ2) is 5.33. The number of hydrogen-bond donors (Lipinski definition) is 2. The Morgan fingerprint density at radius 1 is 1.38 bits per heavy atom. The van der Waals surface area contributed by atoms with Gasteiger partial charge in [0.1, 0.15) is 0 Å². The molecule has 0 bridgehead atoms. The normalized spacial score (nSPS) is 11.6. The van der Waals surface area contributed by atoms with Gasteiger partial charge in [0.05, 0.1) is 0 Å². The standard InChI is InChI=1S/C8H10IN3S/c9-7-3-1-6(2-4-7)5-13-8(10)12-11/h1-4H,5,11H2,(H2,10,12). The van der Waals surface area contributed by atoms with Crippen LogP contribution in [0.3, 0.4) is 0 Å². The summed E-state index contributed by atoms with van der Waals surface area (Å²) in [6.07, 6.45) is 0. The van der Waals surface area contributed by atoms with Gasteiger partial charge in [-0.25, -0.2) is 0 Å². The SMILES string of the molecule is NN=C(N)SCc1ccc(I)cc1. The molecule has 13 heavy (non-hydrogen) atoms. The third-order valence-corrected chi connectivity index (χ3v) is 3.03. The number of hydrazone groups is 1. The van der Waals surface area contributed by atoms with E-state index in [0.717, 1.165) is 5.75 Å². The van der Waals surface area contributed by atoms with Gasteiger partial charge in [0.2, 0.25) is 0 Å². The summed E-state index contributed by atoms with van der Waals surface area (Å²) in [4.78, 5) is 0. The topological polar surface area (TPSA) is 64.4 Å². The highest BCUT2D eigenvalue weighted by Gasteiger charge is 1.95. The number of nitrogens with zero attached hydrogens (tertiary/aromatic N) is 1. The van der Waals surface area contributed by atoms with Gasteiger partial charge in [-0.15, -0.1) is 0 Å². The molecule has 0 aliphatic rings. The number of nitrogens with two attached hydrogens (primary N) is 2. The van der Waals surface area contributed by atoms with Crippen molar-refractivity contribution in [3.05, 3.63) is 33.4 Å². The van der Waals surface area contributed by atoms with Gasteiger partial charge in [-0.05, 0) is 40.3 Å². The van der Waals surface area contributed by atoms with Gasteiger partial charge in [-0.1, -0.05) is 23.9 Å². The Hall–Kier alpha value is -0.430. The van der Waals surface area contributed by atoms with Crippen molar-refractivity contribution >= 4 is 39.5 Å². The molecule has 0 unspecified atom stereocenters. The molecule has 0 heterocycles. The third-order valence-electron chi connectivity index (χ3n) is 1.43. The van der Waals surface area contributed by atoms with Crippen molar-refractivity contribution in [1.29, 1.82) is 0 Å². The summed E-state index contributed by atoms with van der Waals surface area (Å²) in [7, 11) is 0. The summed E-state index contributed by atoms with van der Waals surface area (Å²) in [5.41, 5.74) is 6.66. The molecule has 1 rings (SSSR count). The van der Waals surface area contributed by atoms with Crippen LogP contribution in [0.4, 0.5) is 0 Å². The monoisotopic (exact) mass is 307 g/mol. The van der Waals surface area contributed by atoms with Crippen molar-refractivity contribution in [2.45, 2.75) is 5.75 Å². The van der Waals surface area contributed by atoms with Crippen LogP contribution in [0.15, 0.2) is 29.4 Å². The number of rotatable bonds is 2. The maximum atomic E-state index is 5.44. The number of amidine groups is 1. The lowest BCUT2D eigenvalue weighted by Gasteiger charge is -1.99. The summed E-state index contributed by atoms with van der Waals surface area (Å²) >= 11 is 3.71. The van der Waals surface area contributed by atoms with Gasteiger partial charge < -0.3 is 11.6 Å². The fourth-order valence-electron chi connectivity index (χ4n) is 0.775.